The van der Waals surface area contributed by atoms with E-state index in [4.69, 9.17) is 23.2 Å². The fourth-order valence-corrected chi connectivity index (χ4v) is 3.48. The second-order valence-electron chi connectivity index (χ2n) is 6.67. The maximum Gasteiger partial charge on any atom is 0.255 e. The molecule has 0 fully saturated rings. The fraction of sp³-hybridized carbons (Fsp3) is 0. The molecule has 0 saturated heterocycles. The monoisotopic (exact) mass is 434 g/mol. The molecule has 0 spiro atoms. The van der Waals surface area contributed by atoms with Gasteiger partial charge in [-0.25, -0.2) is 0 Å². The van der Waals surface area contributed by atoms with Crippen LogP contribution in [0.5, 0.6) is 0 Å². The second kappa shape index (κ2) is 8.57. The Hall–Kier alpha value is -3.34. The van der Waals surface area contributed by atoms with E-state index < -0.39 is 0 Å². The van der Waals surface area contributed by atoms with E-state index in [1.165, 1.54) is 0 Å². The fourth-order valence-electron chi connectivity index (χ4n) is 3.10. The zero-order valence-corrected chi connectivity index (χ0v) is 17.2. The van der Waals surface area contributed by atoms with E-state index in [-0.39, 0.29) is 11.8 Å². The number of amides is 2. The highest BCUT2D eigenvalue weighted by molar-refractivity contribution is 6.31. The molecule has 0 aromatic heterocycles. The molecule has 4 nitrogen and oxygen atoms in total. The summed E-state index contributed by atoms with van der Waals surface area (Å²) in [5.74, 6) is -0.655. The molecule has 4 aromatic rings. The summed E-state index contributed by atoms with van der Waals surface area (Å²) in [6.07, 6.45) is 0. The normalized spacial score (nSPS) is 10.6. The zero-order valence-electron chi connectivity index (χ0n) is 15.7. The second-order valence-corrected chi connectivity index (χ2v) is 7.55. The Morgan fingerprint density at radius 3 is 1.40 bits per heavy atom. The number of nitrogens with one attached hydrogen (secondary N) is 2. The van der Waals surface area contributed by atoms with E-state index >= 15 is 0 Å². The third kappa shape index (κ3) is 4.46. The maximum atomic E-state index is 12.8. The van der Waals surface area contributed by atoms with Gasteiger partial charge in [-0.2, -0.15) is 0 Å². The lowest BCUT2D eigenvalue weighted by molar-refractivity contribution is 0.101. The molecule has 0 heterocycles. The first kappa shape index (κ1) is 20.0. The number of anilines is 2. The van der Waals surface area contributed by atoms with Gasteiger partial charge in [0.05, 0.1) is 11.4 Å². The minimum atomic E-state index is -0.328. The van der Waals surface area contributed by atoms with Gasteiger partial charge in [-0.3, -0.25) is 9.59 Å². The molecule has 0 unspecified atom stereocenters. The minimum absolute atomic E-state index is 0.328. The summed E-state index contributed by atoms with van der Waals surface area (Å²) in [7, 11) is 0. The van der Waals surface area contributed by atoms with Crippen LogP contribution in [0.4, 0.5) is 11.4 Å². The number of rotatable bonds is 4. The minimum Gasteiger partial charge on any atom is -0.320 e. The summed E-state index contributed by atoms with van der Waals surface area (Å²) in [5.41, 5.74) is 1.80. The van der Waals surface area contributed by atoms with E-state index in [0.29, 0.717) is 32.5 Å². The van der Waals surface area contributed by atoms with E-state index in [1.54, 1.807) is 48.5 Å². The lowest BCUT2D eigenvalue weighted by Gasteiger charge is -2.14. The van der Waals surface area contributed by atoms with Crippen molar-refractivity contribution in [3.8, 4) is 0 Å². The lowest BCUT2D eigenvalue weighted by atomic mass is 10.1. The highest BCUT2D eigenvalue weighted by Crippen LogP contribution is 2.30. The predicted octanol–water partition coefficient (Wildman–Crippen LogP) is 6.65. The maximum absolute atomic E-state index is 12.8. The highest BCUT2D eigenvalue weighted by atomic mass is 35.5. The Morgan fingerprint density at radius 2 is 1.00 bits per heavy atom. The van der Waals surface area contributed by atoms with Crippen LogP contribution in [0.25, 0.3) is 10.8 Å². The third-order valence-corrected chi connectivity index (χ3v) is 5.03. The summed E-state index contributed by atoms with van der Waals surface area (Å²) in [5, 5.41) is 8.55. The molecule has 4 rings (SSSR count). The zero-order chi connectivity index (χ0) is 21.1. The van der Waals surface area contributed by atoms with Crippen LogP contribution in [0.2, 0.25) is 10.0 Å². The standard InChI is InChI=1S/C24H16Cl2N2O2/c25-19-9-3-7-17(11-19)23(29)27-21-13-15-5-1-2-6-16(15)14-22(21)28-24(30)18-8-4-10-20(26)12-18/h1-14H,(H,27,29)(H,28,30). The van der Waals surface area contributed by atoms with Crippen LogP contribution < -0.4 is 10.6 Å². The van der Waals surface area contributed by atoms with Gasteiger partial charge in [0.25, 0.3) is 11.8 Å². The van der Waals surface area contributed by atoms with Gasteiger partial charge in [-0.15, -0.1) is 0 Å². The van der Waals surface area contributed by atoms with Crippen LogP contribution in [0, 0.1) is 0 Å². The van der Waals surface area contributed by atoms with Crippen molar-refractivity contribution in [1.29, 1.82) is 0 Å². The average molecular weight is 435 g/mol. The molecule has 0 aliphatic carbocycles. The topological polar surface area (TPSA) is 58.2 Å². The van der Waals surface area contributed by atoms with Crippen LogP contribution in [0.15, 0.2) is 84.9 Å². The van der Waals surface area contributed by atoms with Crippen LogP contribution in [0.3, 0.4) is 0 Å². The van der Waals surface area contributed by atoms with Crippen molar-refractivity contribution >= 4 is 57.2 Å². The predicted molar refractivity (Wildman–Crippen MR) is 123 cm³/mol. The summed E-state index contributed by atoms with van der Waals surface area (Å²) >= 11 is 12.0. The molecule has 30 heavy (non-hydrogen) atoms. The molecule has 2 amide bonds. The van der Waals surface area contributed by atoms with Gasteiger partial charge in [-0.1, -0.05) is 59.6 Å². The number of benzene rings is 4. The van der Waals surface area contributed by atoms with Gasteiger partial charge in [-0.05, 0) is 59.3 Å². The number of carbonyl (C=O) groups is 2. The van der Waals surface area contributed by atoms with Gasteiger partial charge in [0.15, 0.2) is 0 Å². The molecule has 0 radical (unpaired) electrons. The van der Waals surface area contributed by atoms with Crippen LogP contribution in [-0.2, 0) is 0 Å². The van der Waals surface area contributed by atoms with Crippen LogP contribution >= 0.6 is 23.2 Å². The summed E-state index contributed by atoms with van der Waals surface area (Å²) in [4.78, 5) is 25.5. The number of halogens is 2. The van der Waals surface area contributed by atoms with Gasteiger partial charge >= 0.3 is 0 Å². The largest absolute Gasteiger partial charge is 0.320 e. The Balaban J connectivity index is 1.70. The Bertz CT molecular complexity index is 1170. The Labute approximate surface area is 183 Å². The molecule has 6 heteroatoms. The number of hydrogen-bond donors (Lipinski definition) is 2. The Kier molecular flexibility index (Phi) is 5.70. The van der Waals surface area contributed by atoms with E-state index in [1.807, 2.05) is 36.4 Å². The van der Waals surface area contributed by atoms with Gasteiger partial charge in [0, 0.05) is 21.2 Å². The number of carbonyl (C=O) groups excluding carboxylic acids is 2. The van der Waals surface area contributed by atoms with Gasteiger partial charge in [0.1, 0.15) is 0 Å². The van der Waals surface area contributed by atoms with Crippen LogP contribution in [-0.4, -0.2) is 11.8 Å². The summed E-state index contributed by atoms with van der Waals surface area (Å²) in [6, 6.07) is 24.7. The van der Waals surface area contributed by atoms with E-state index in [9.17, 15) is 9.59 Å². The smallest absolute Gasteiger partial charge is 0.255 e. The summed E-state index contributed by atoms with van der Waals surface area (Å²) < 4.78 is 0. The average Bonchev–Trinajstić information content (AvgIpc) is 2.74. The first-order valence-corrected chi connectivity index (χ1v) is 9.92. The molecule has 148 valence electrons. The summed E-state index contributed by atoms with van der Waals surface area (Å²) in [6.45, 7) is 0. The molecule has 2 N–H and O–H groups in total. The van der Waals surface area contributed by atoms with Crippen molar-refractivity contribution < 1.29 is 9.59 Å². The molecule has 0 atom stereocenters. The van der Waals surface area contributed by atoms with Gasteiger partial charge < -0.3 is 10.6 Å². The number of hydrogen-bond acceptors (Lipinski definition) is 2. The lowest BCUT2D eigenvalue weighted by Crippen LogP contribution is -2.17. The van der Waals surface area contributed by atoms with E-state index in [2.05, 4.69) is 10.6 Å². The first-order valence-electron chi connectivity index (χ1n) is 9.16. The number of fused-ring (bicyclic) bond motifs is 1. The van der Waals surface area contributed by atoms with Gasteiger partial charge in [0.2, 0.25) is 0 Å². The van der Waals surface area contributed by atoms with Crippen molar-refractivity contribution in [3.05, 3.63) is 106 Å². The molecule has 0 saturated carbocycles. The quantitative estimate of drug-likeness (QED) is 0.377. The van der Waals surface area contributed by atoms with E-state index in [0.717, 1.165) is 10.8 Å². The third-order valence-electron chi connectivity index (χ3n) is 4.56. The molecular weight excluding hydrogens is 419 g/mol. The molecule has 0 aliphatic heterocycles. The Morgan fingerprint density at radius 1 is 0.567 bits per heavy atom. The van der Waals surface area contributed by atoms with Crippen molar-refractivity contribution in [2.24, 2.45) is 0 Å². The van der Waals surface area contributed by atoms with Crippen molar-refractivity contribution in [2.45, 2.75) is 0 Å². The van der Waals surface area contributed by atoms with Crippen LogP contribution in [0.1, 0.15) is 20.7 Å². The van der Waals surface area contributed by atoms with Crippen molar-refractivity contribution in [1.82, 2.24) is 0 Å². The van der Waals surface area contributed by atoms with Crippen molar-refractivity contribution in [2.75, 3.05) is 10.6 Å². The molecular formula is C24H16Cl2N2O2. The molecule has 0 aliphatic rings. The van der Waals surface area contributed by atoms with Crippen molar-refractivity contribution in [3.63, 3.8) is 0 Å². The highest BCUT2D eigenvalue weighted by Gasteiger charge is 2.14. The first-order chi connectivity index (χ1) is 14.5. The molecule has 0 bridgehead atoms. The SMILES string of the molecule is O=C(Nc1cc2ccccc2cc1NC(=O)c1cccc(Cl)c1)c1cccc(Cl)c1. The molecule has 4 aromatic carbocycles.